The minimum atomic E-state index is -0.487. The van der Waals surface area contributed by atoms with E-state index in [0.29, 0.717) is 5.69 Å². The Morgan fingerprint density at radius 1 is 1.00 bits per heavy atom. The summed E-state index contributed by atoms with van der Waals surface area (Å²) in [7, 11) is 0. The van der Waals surface area contributed by atoms with E-state index in [1.165, 1.54) is 12.1 Å². The molecule has 34 heavy (non-hydrogen) atoms. The standard InChI is InChI=1S/C25H22ClFN6O/c1-16-13-23(32-9-11-33(12-10-32)25-28-7-2-8-29-25)31-22-6-4-18(15-20(16)22)30-24(34)19-5-3-17(27)14-21(19)26/h2-8,13-15H,9-12H2,1H3,(H,30,34). The van der Waals surface area contributed by atoms with E-state index >= 15 is 0 Å². The number of rotatable bonds is 4. The zero-order valence-corrected chi connectivity index (χ0v) is 19.3. The fourth-order valence-corrected chi connectivity index (χ4v) is 4.33. The highest BCUT2D eigenvalue weighted by atomic mass is 35.5. The van der Waals surface area contributed by atoms with Crippen molar-refractivity contribution >= 4 is 45.9 Å². The summed E-state index contributed by atoms with van der Waals surface area (Å²) in [5, 5.41) is 3.85. The molecular formula is C25H22ClFN6O. The van der Waals surface area contributed by atoms with E-state index in [2.05, 4.69) is 31.2 Å². The summed E-state index contributed by atoms with van der Waals surface area (Å²) in [6, 6.07) is 13.2. The van der Waals surface area contributed by atoms with E-state index in [1.54, 1.807) is 18.5 Å². The number of aromatic nitrogens is 3. The van der Waals surface area contributed by atoms with Crippen LogP contribution in [0.2, 0.25) is 5.02 Å². The molecule has 0 saturated carbocycles. The zero-order chi connectivity index (χ0) is 23.7. The van der Waals surface area contributed by atoms with Gasteiger partial charge in [-0.05, 0) is 61.0 Å². The van der Waals surface area contributed by atoms with Crippen LogP contribution in [0.25, 0.3) is 10.9 Å². The number of halogens is 2. The van der Waals surface area contributed by atoms with Crippen LogP contribution in [-0.4, -0.2) is 47.0 Å². The normalized spacial score (nSPS) is 13.9. The van der Waals surface area contributed by atoms with Crippen LogP contribution in [0.4, 0.5) is 21.8 Å². The number of anilines is 3. The zero-order valence-electron chi connectivity index (χ0n) is 18.5. The van der Waals surface area contributed by atoms with Gasteiger partial charge in [0.05, 0.1) is 16.1 Å². The van der Waals surface area contributed by atoms with Crippen LogP contribution in [0.5, 0.6) is 0 Å². The van der Waals surface area contributed by atoms with Gasteiger partial charge in [-0.3, -0.25) is 4.79 Å². The van der Waals surface area contributed by atoms with Gasteiger partial charge in [-0.15, -0.1) is 0 Å². The van der Waals surface area contributed by atoms with Gasteiger partial charge >= 0.3 is 0 Å². The van der Waals surface area contributed by atoms with Crippen LogP contribution in [0.3, 0.4) is 0 Å². The van der Waals surface area contributed by atoms with Crippen molar-refractivity contribution in [3.8, 4) is 0 Å². The number of benzene rings is 2. The number of fused-ring (bicyclic) bond motifs is 1. The summed E-state index contributed by atoms with van der Waals surface area (Å²) in [5.41, 5.74) is 2.74. The third-order valence-electron chi connectivity index (χ3n) is 5.87. The van der Waals surface area contributed by atoms with Crippen LogP contribution in [0, 0.1) is 12.7 Å². The van der Waals surface area contributed by atoms with E-state index in [9.17, 15) is 9.18 Å². The monoisotopic (exact) mass is 476 g/mol. The summed E-state index contributed by atoms with van der Waals surface area (Å²) in [6.45, 7) is 5.31. The summed E-state index contributed by atoms with van der Waals surface area (Å²) < 4.78 is 13.3. The molecule has 1 amide bonds. The molecule has 0 spiro atoms. The van der Waals surface area contributed by atoms with Crippen molar-refractivity contribution < 1.29 is 9.18 Å². The Labute approximate surface area is 201 Å². The number of carbonyl (C=O) groups excluding carboxylic acids is 1. The lowest BCUT2D eigenvalue weighted by Crippen LogP contribution is -2.47. The highest BCUT2D eigenvalue weighted by molar-refractivity contribution is 6.34. The summed E-state index contributed by atoms with van der Waals surface area (Å²) in [6.07, 6.45) is 3.52. The molecule has 0 bridgehead atoms. The van der Waals surface area contributed by atoms with E-state index < -0.39 is 11.7 Å². The molecule has 2 aromatic carbocycles. The van der Waals surface area contributed by atoms with Crippen LogP contribution >= 0.6 is 11.6 Å². The maximum Gasteiger partial charge on any atom is 0.257 e. The Balaban J connectivity index is 1.32. The number of piperazine rings is 1. The molecule has 1 N–H and O–H groups in total. The van der Waals surface area contributed by atoms with E-state index in [1.807, 2.05) is 25.1 Å². The van der Waals surface area contributed by atoms with Crippen molar-refractivity contribution in [2.24, 2.45) is 0 Å². The Morgan fingerprint density at radius 3 is 2.47 bits per heavy atom. The van der Waals surface area contributed by atoms with E-state index in [4.69, 9.17) is 16.6 Å². The lowest BCUT2D eigenvalue weighted by atomic mass is 10.1. The molecule has 3 heterocycles. The fourth-order valence-electron chi connectivity index (χ4n) is 4.08. The van der Waals surface area contributed by atoms with Crippen molar-refractivity contribution in [2.75, 3.05) is 41.3 Å². The number of nitrogens with one attached hydrogen (secondary N) is 1. The molecule has 0 atom stereocenters. The Hall–Kier alpha value is -3.78. The van der Waals surface area contributed by atoms with Gasteiger partial charge in [-0.2, -0.15) is 0 Å². The highest BCUT2D eigenvalue weighted by Crippen LogP contribution is 2.27. The van der Waals surface area contributed by atoms with Gasteiger partial charge in [0.2, 0.25) is 5.95 Å². The predicted octanol–water partition coefficient (Wildman–Crippen LogP) is 4.70. The molecule has 0 unspecified atom stereocenters. The molecule has 172 valence electrons. The van der Waals surface area contributed by atoms with Crippen molar-refractivity contribution in [1.82, 2.24) is 15.0 Å². The van der Waals surface area contributed by atoms with Gasteiger partial charge in [0.15, 0.2) is 0 Å². The molecule has 1 aliphatic heterocycles. The first-order valence-corrected chi connectivity index (χ1v) is 11.3. The Bertz CT molecular complexity index is 1360. The third-order valence-corrected chi connectivity index (χ3v) is 6.19. The molecule has 1 fully saturated rings. The largest absolute Gasteiger partial charge is 0.353 e. The molecule has 0 aliphatic carbocycles. The average molecular weight is 477 g/mol. The van der Waals surface area contributed by atoms with E-state index in [0.717, 1.165) is 60.5 Å². The second kappa shape index (κ2) is 9.23. The van der Waals surface area contributed by atoms with Crippen molar-refractivity contribution in [1.29, 1.82) is 0 Å². The fraction of sp³-hybridized carbons (Fsp3) is 0.200. The quantitative estimate of drug-likeness (QED) is 0.460. The minimum Gasteiger partial charge on any atom is -0.353 e. The predicted molar refractivity (Wildman–Crippen MR) is 132 cm³/mol. The maximum atomic E-state index is 13.3. The molecule has 7 nitrogen and oxygen atoms in total. The molecular weight excluding hydrogens is 455 g/mol. The lowest BCUT2D eigenvalue weighted by molar-refractivity contribution is 0.102. The smallest absolute Gasteiger partial charge is 0.257 e. The van der Waals surface area contributed by atoms with Gasteiger partial charge in [-0.25, -0.2) is 19.3 Å². The minimum absolute atomic E-state index is 0.0692. The first-order valence-electron chi connectivity index (χ1n) is 10.9. The number of hydrogen-bond donors (Lipinski definition) is 1. The summed E-state index contributed by atoms with van der Waals surface area (Å²) in [4.78, 5) is 30.6. The van der Waals surface area contributed by atoms with Crippen LogP contribution in [-0.2, 0) is 0 Å². The van der Waals surface area contributed by atoms with Crippen molar-refractivity contribution in [2.45, 2.75) is 6.92 Å². The van der Waals surface area contributed by atoms with Gasteiger partial charge in [-0.1, -0.05) is 11.6 Å². The van der Waals surface area contributed by atoms with Gasteiger partial charge in [0, 0.05) is 49.6 Å². The molecule has 2 aromatic heterocycles. The topological polar surface area (TPSA) is 74.2 Å². The molecule has 5 rings (SSSR count). The summed E-state index contributed by atoms with van der Waals surface area (Å²) >= 11 is 6.02. The lowest BCUT2D eigenvalue weighted by Gasteiger charge is -2.35. The first kappa shape index (κ1) is 22.0. The second-order valence-electron chi connectivity index (χ2n) is 8.13. The number of nitrogens with zero attached hydrogens (tertiary/aromatic N) is 5. The van der Waals surface area contributed by atoms with Gasteiger partial charge in [0.25, 0.3) is 5.91 Å². The van der Waals surface area contributed by atoms with Crippen molar-refractivity contribution in [3.05, 3.63) is 82.9 Å². The molecule has 1 aliphatic rings. The van der Waals surface area contributed by atoms with Crippen LogP contribution < -0.4 is 15.1 Å². The average Bonchev–Trinajstić information content (AvgIpc) is 2.85. The Morgan fingerprint density at radius 2 is 1.74 bits per heavy atom. The molecule has 1 saturated heterocycles. The SMILES string of the molecule is Cc1cc(N2CCN(c3ncccn3)CC2)nc2ccc(NC(=O)c3ccc(F)cc3Cl)cc12. The number of aryl methyl sites for hydroxylation is 1. The van der Waals surface area contributed by atoms with Crippen molar-refractivity contribution in [3.63, 3.8) is 0 Å². The molecule has 4 aromatic rings. The molecule has 9 heteroatoms. The maximum absolute atomic E-state index is 13.3. The van der Waals surface area contributed by atoms with E-state index in [-0.39, 0.29) is 10.6 Å². The van der Waals surface area contributed by atoms with Crippen LogP contribution in [0.15, 0.2) is 60.9 Å². The Kier molecular flexibility index (Phi) is 5.98. The first-order chi connectivity index (χ1) is 16.5. The highest BCUT2D eigenvalue weighted by Gasteiger charge is 2.20. The van der Waals surface area contributed by atoms with Crippen LogP contribution in [0.1, 0.15) is 15.9 Å². The number of pyridine rings is 1. The number of amides is 1. The third kappa shape index (κ3) is 4.49. The summed E-state index contributed by atoms with van der Waals surface area (Å²) in [5.74, 6) is 0.793. The number of carbonyl (C=O) groups is 1. The second-order valence-corrected chi connectivity index (χ2v) is 8.54. The van der Waals surface area contributed by atoms with Gasteiger partial charge in [0.1, 0.15) is 11.6 Å². The van der Waals surface area contributed by atoms with Gasteiger partial charge < -0.3 is 15.1 Å². The number of hydrogen-bond acceptors (Lipinski definition) is 6. The molecule has 0 radical (unpaired) electrons.